The van der Waals surface area contributed by atoms with E-state index < -0.39 is 17.4 Å². The second-order valence-corrected chi connectivity index (χ2v) is 8.21. The molecule has 1 amide bonds. The van der Waals surface area contributed by atoms with E-state index in [2.05, 4.69) is 5.32 Å². The molecule has 0 bridgehead atoms. The fourth-order valence-electron chi connectivity index (χ4n) is 2.11. The van der Waals surface area contributed by atoms with Gasteiger partial charge in [-0.15, -0.1) is 11.3 Å². The molecular formula is C14H19NO3S2. The number of nitrogens with one attached hydrogen (secondary N) is 1. The van der Waals surface area contributed by atoms with E-state index in [0.717, 1.165) is 17.9 Å². The number of fused-ring (bicyclic) bond motifs is 1. The highest BCUT2D eigenvalue weighted by molar-refractivity contribution is 7.98. The molecule has 4 nitrogen and oxygen atoms in total. The van der Waals surface area contributed by atoms with Crippen LogP contribution in [0.25, 0.3) is 0 Å². The number of aryl methyl sites for hydroxylation is 1. The summed E-state index contributed by atoms with van der Waals surface area (Å²) in [6.07, 6.45) is 1.000. The van der Waals surface area contributed by atoms with Gasteiger partial charge in [-0.3, -0.25) is 4.79 Å². The molecule has 20 heavy (non-hydrogen) atoms. The summed E-state index contributed by atoms with van der Waals surface area (Å²) in [5, 5.41) is 11.9. The van der Waals surface area contributed by atoms with E-state index in [9.17, 15) is 14.7 Å². The molecule has 1 atom stereocenters. The maximum absolute atomic E-state index is 12.3. The first-order valence-corrected chi connectivity index (χ1v) is 8.49. The zero-order valence-electron chi connectivity index (χ0n) is 11.9. The molecule has 0 aromatic carbocycles. The van der Waals surface area contributed by atoms with Crippen molar-refractivity contribution in [1.29, 1.82) is 0 Å². The minimum absolute atomic E-state index is 0.281. The molecule has 0 saturated carbocycles. The summed E-state index contributed by atoms with van der Waals surface area (Å²) in [6, 6.07) is 1.02. The maximum atomic E-state index is 12.3. The summed E-state index contributed by atoms with van der Waals surface area (Å²) in [4.78, 5) is 25.4. The average molecular weight is 313 g/mol. The Morgan fingerprint density at radius 3 is 2.65 bits per heavy atom. The molecular weight excluding hydrogens is 294 g/mol. The fourth-order valence-corrected chi connectivity index (χ4v) is 4.39. The van der Waals surface area contributed by atoms with Crippen molar-refractivity contribution in [3.8, 4) is 0 Å². The van der Waals surface area contributed by atoms with Crippen molar-refractivity contribution in [2.24, 2.45) is 5.41 Å². The third kappa shape index (κ3) is 3.35. The molecule has 1 aromatic heterocycles. The van der Waals surface area contributed by atoms with Gasteiger partial charge in [-0.05, 0) is 29.2 Å². The van der Waals surface area contributed by atoms with Gasteiger partial charge in [-0.2, -0.15) is 11.8 Å². The molecule has 0 aliphatic carbocycles. The number of rotatable bonds is 3. The SMILES string of the molecule is CC(C)(C)[C@@H](NC(=O)c1cc2c(s1)CCSC2)C(=O)O. The Kier molecular flexibility index (Phi) is 4.44. The topological polar surface area (TPSA) is 66.4 Å². The summed E-state index contributed by atoms with van der Waals surface area (Å²) in [6.45, 7) is 5.42. The van der Waals surface area contributed by atoms with E-state index >= 15 is 0 Å². The summed E-state index contributed by atoms with van der Waals surface area (Å²) in [5.41, 5.74) is 0.702. The predicted octanol–water partition coefficient (Wildman–Crippen LogP) is 2.77. The van der Waals surface area contributed by atoms with Gasteiger partial charge in [0.15, 0.2) is 0 Å². The second kappa shape index (κ2) is 5.77. The third-order valence-corrected chi connectivity index (χ3v) is 5.48. The number of thiophene rings is 1. The van der Waals surface area contributed by atoms with Crippen molar-refractivity contribution >= 4 is 35.0 Å². The van der Waals surface area contributed by atoms with E-state index in [0.29, 0.717) is 4.88 Å². The quantitative estimate of drug-likeness (QED) is 0.900. The Morgan fingerprint density at radius 1 is 1.40 bits per heavy atom. The van der Waals surface area contributed by atoms with Crippen LogP contribution in [-0.4, -0.2) is 28.8 Å². The van der Waals surface area contributed by atoms with Crippen molar-refractivity contribution in [3.63, 3.8) is 0 Å². The number of amides is 1. The molecule has 1 aliphatic rings. The molecule has 0 saturated heterocycles. The van der Waals surface area contributed by atoms with Crippen LogP contribution in [0.5, 0.6) is 0 Å². The minimum atomic E-state index is -0.997. The average Bonchev–Trinajstić information content (AvgIpc) is 2.77. The van der Waals surface area contributed by atoms with E-state index in [4.69, 9.17) is 0 Å². The maximum Gasteiger partial charge on any atom is 0.326 e. The molecule has 2 N–H and O–H groups in total. The fraction of sp³-hybridized carbons (Fsp3) is 0.571. The Balaban J connectivity index is 2.15. The third-order valence-electron chi connectivity index (χ3n) is 3.24. The largest absolute Gasteiger partial charge is 0.480 e. The van der Waals surface area contributed by atoms with Crippen LogP contribution >= 0.6 is 23.1 Å². The Hall–Kier alpha value is -1.01. The zero-order valence-corrected chi connectivity index (χ0v) is 13.5. The Morgan fingerprint density at radius 2 is 2.10 bits per heavy atom. The van der Waals surface area contributed by atoms with Gasteiger partial charge in [0, 0.05) is 10.6 Å². The van der Waals surface area contributed by atoms with Crippen molar-refractivity contribution in [2.75, 3.05) is 5.75 Å². The molecule has 6 heteroatoms. The zero-order chi connectivity index (χ0) is 14.9. The summed E-state index contributed by atoms with van der Waals surface area (Å²) in [7, 11) is 0. The molecule has 2 heterocycles. The van der Waals surface area contributed by atoms with Crippen molar-refractivity contribution in [1.82, 2.24) is 5.32 Å². The highest BCUT2D eigenvalue weighted by atomic mass is 32.2. The van der Waals surface area contributed by atoms with Gasteiger partial charge in [0.1, 0.15) is 6.04 Å². The van der Waals surface area contributed by atoms with Crippen LogP contribution in [0.15, 0.2) is 6.07 Å². The van der Waals surface area contributed by atoms with E-state index in [1.165, 1.54) is 21.8 Å². The van der Waals surface area contributed by atoms with E-state index in [1.54, 1.807) is 0 Å². The van der Waals surface area contributed by atoms with Crippen LogP contribution in [0, 0.1) is 5.41 Å². The highest BCUT2D eigenvalue weighted by Gasteiger charge is 2.33. The van der Waals surface area contributed by atoms with Gasteiger partial charge in [0.2, 0.25) is 0 Å². The van der Waals surface area contributed by atoms with Crippen LogP contribution in [-0.2, 0) is 17.0 Å². The number of thioether (sulfide) groups is 1. The van der Waals surface area contributed by atoms with Crippen molar-refractivity contribution < 1.29 is 14.7 Å². The number of carboxylic acid groups (broad SMARTS) is 1. The summed E-state index contributed by atoms with van der Waals surface area (Å²) >= 11 is 3.36. The van der Waals surface area contributed by atoms with Gasteiger partial charge in [-0.25, -0.2) is 4.79 Å². The van der Waals surface area contributed by atoms with Crippen LogP contribution in [0.1, 0.15) is 40.9 Å². The lowest BCUT2D eigenvalue weighted by molar-refractivity contribution is -0.142. The summed E-state index contributed by atoms with van der Waals surface area (Å²) < 4.78 is 0. The second-order valence-electron chi connectivity index (χ2n) is 5.97. The first-order valence-electron chi connectivity index (χ1n) is 6.52. The Labute approximate surface area is 127 Å². The molecule has 1 aromatic rings. The van der Waals surface area contributed by atoms with Gasteiger partial charge in [0.05, 0.1) is 4.88 Å². The molecule has 1 aliphatic heterocycles. The number of carboxylic acids is 1. The standard InChI is InChI=1S/C14H19NO3S2/c1-14(2,3)11(13(17)18)15-12(16)10-6-8-7-19-5-4-9(8)20-10/h6,11H,4-5,7H2,1-3H3,(H,15,16)(H,17,18)/t11-/m0/s1. The normalized spacial score (nSPS) is 16.4. The lowest BCUT2D eigenvalue weighted by atomic mass is 9.87. The smallest absolute Gasteiger partial charge is 0.326 e. The molecule has 2 rings (SSSR count). The molecule has 0 spiro atoms. The van der Waals surface area contributed by atoms with Crippen LogP contribution in [0.3, 0.4) is 0 Å². The number of aliphatic carboxylic acids is 1. The summed E-state index contributed by atoms with van der Waals surface area (Å²) in [5.74, 6) is 0.758. The lowest BCUT2D eigenvalue weighted by Gasteiger charge is -2.27. The number of hydrogen-bond donors (Lipinski definition) is 2. The predicted molar refractivity (Wildman–Crippen MR) is 82.5 cm³/mol. The number of hydrogen-bond acceptors (Lipinski definition) is 4. The lowest BCUT2D eigenvalue weighted by Crippen LogP contribution is -2.48. The molecule has 110 valence electrons. The van der Waals surface area contributed by atoms with Gasteiger partial charge < -0.3 is 10.4 Å². The molecule has 0 fully saturated rings. The first kappa shape index (κ1) is 15.4. The van der Waals surface area contributed by atoms with Crippen molar-refractivity contribution in [2.45, 2.75) is 39.0 Å². The van der Waals surface area contributed by atoms with Gasteiger partial charge in [0.25, 0.3) is 5.91 Å². The van der Waals surface area contributed by atoms with Crippen LogP contribution in [0.2, 0.25) is 0 Å². The molecule has 0 radical (unpaired) electrons. The molecule has 0 unspecified atom stereocenters. The monoisotopic (exact) mass is 313 g/mol. The van der Waals surface area contributed by atoms with Gasteiger partial charge in [-0.1, -0.05) is 20.8 Å². The van der Waals surface area contributed by atoms with Crippen LogP contribution in [0.4, 0.5) is 0 Å². The Bertz CT molecular complexity index is 508. The van der Waals surface area contributed by atoms with Crippen molar-refractivity contribution in [3.05, 3.63) is 21.4 Å². The van der Waals surface area contributed by atoms with E-state index in [1.807, 2.05) is 38.6 Å². The van der Waals surface area contributed by atoms with Gasteiger partial charge >= 0.3 is 5.97 Å². The first-order chi connectivity index (χ1) is 9.29. The highest BCUT2D eigenvalue weighted by Crippen LogP contribution is 2.32. The number of carbonyl (C=O) groups excluding carboxylic acids is 1. The van der Waals surface area contributed by atoms with E-state index in [-0.39, 0.29) is 5.91 Å². The van der Waals surface area contributed by atoms with Crippen LogP contribution < -0.4 is 5.32 Å². The number of carbonyl (C=O) groups is 2. The minimum Gasteiger partial charge on any atom is -0.480 e.